The molecule has 0 saturated carbocycles. The van der Waals surface area contributed by atoms with E-state index in [4.69, 9.17) is 9.47 Å². The Labute approximate surface area is 203 Å². The predicted molar refractivity (Wildman–Crippen MR) is 131 cm³/mol. The summed E-state index contributed by atoms with van der Waals surface area (Å²) < 4.78 is 10.2. The van der Waals surface area contributed by atoms with Gasteiger partial charge in [0.1, 0.15) is 6.54 Å². The van der Waals surface area contributed by atoms with Gasteiger partial charge < -0.3 is 14.8 Å². The van der Waals surface area contributed by atoms with Crippen LogP contribution in [0.5, 0.6) is 0 Å². The molecular formula is C27H26N2O6. The maximum absolute atomic E-state index is 12.9. The lowest BCUT2D eigenvalue weighted by atomic mass is 10.1. The van der Waals surface area contributed by atoms with Gasteiger partial charge in [-0.3, -0.25) is 19.3 Å². The summed E-state index contributed by atoms with van der Waals surface area (Å²) in [5, 5.41) is 2.72. The number of rotatable bonds is 10. The topological polar surface area (TPSA) is 102 Å². The number of amides is 2. The van der Waals surface area contributed by atoms with Gasteiger partial charge in [0.25, 0.3) is 5.91 Å². The third-order valence-corrected chi connectivity index (χ3v) is 4.92. The van der Waals surface area contributed by atoms with Crippen LogP contribution in [-0.4, -0.2) is 43.5 Å². The number of benzene rings is 3. The summed E-state index contributed by atoms with van der Waals surface area (Å²) in [6.45, 7) is 0.932. The number of hydrogen-bond donors (Lipinski definition) is 1. The van der Waals surface area contributed by atoms with E-state index >= 15 is 0 Å². The van der Waals surface area contributed by atoms with Crippen molar-refractivity contribution in [3.8, 4) is 0 Å². The molecule has 0 unspecified atom stereocenters. The van der Waals surface area contributed by atoms with Crippen molar-refractivity contribution in [1.29, 1.82) is 0 Å². The van der Waals surface area contributed by atoms with Crippen molar-refractivity contribution < 1.29 is 28.7 Å². The number of carbonyl (C=O) groups excluding carboxylic acids is 4. The molecule has 0 radical (unpaired) electrons. The number of nitrogens with zero attached hydrogens (tertiary/aromatic N) is 1. The van der Waals surface area contributed by atoms with Crippen molar-refractivity contribution in [2.45, 2.75) is 13.3 Å². The molecule has 3 rings (SSSR count). The monoisotopic (exact) mass is 474 g/mol. The second-order valence-electron chi connectivity index (χ2n) is 7.45. The normalized spacial score (nSPS) is 10.2. The summed E-state index contributed by atoms with van der Waals surface area (Å²) in [6.07, 6.45) is 0.141. The minimum absolute atomic E-state index is 0.110. The van der Waals surface area contributed by atoms with Crippen LogP contribution >= 0.6 is 0 Å². The smallest absolute Gasteiger partial charge is 0.340 e. The highest BCUT2D eigenvalue weighted by molar-refractivity contribution is 6.03. The molecule has 0 aliphatic heterocycles. The molecule has 8 heteroatoms. The third kappa shape index (κ3) is 7.53. The average Bonchev–Trinajstić information content (AvgIpc) is 2.87. The van der Waals surface area contributed by atoms with E-state index in [0.717, 1.165) is 5.56 Å². The molecule has 0 spiro atoms. The van der Waals surface area contributed by atoms with Gasteiger partial charge in [-0.15, -0.1) is 0 Å². The Bertz CT molecular complexity index is 1160. The van der Waals surface area contributed by atoms with E-state index in [1.54, 1.807) is 55.5 Å². The van der Waals surface area contributed by atoms with Gasteiger partial charge in [-0.2, -0.15) is 0 Å². The van der Waals surface area contributed by atoms with E-state index in [2.05, 4.69) is 5.32 Å². The molecule has 2 amide bonds. The fourth-order valence-corrected chi connectivity index (χ4v) is 3.30. The molecule has 0 bridgehead atoms. The summed E-state index contributed by atoms with van der Waals surface area (Å²) in [4.78, 5) is 51.3. The van der Waals surface area contributed by atoms with Crippen molar-refractivity contribution in [3.05, 3.63) is 96.1 Å². The number of hydrogen-bond acceptors (Lipinski definition) is 6. The molecule has 0 aromatic heterocycles. The molecule has 180 valence electrons. The van der Waals surface area contributed by atoms with Crippen LogP contribution in [0.25, 0.3) is 0 Å². The minimum atomic E-state index is -0.780. The van der Waals surface area contributed by atoms with Gasteiger partial charge in [-0.25, -0.2) is 4.79 Å². The van der Waals surface area contributed by atoms with E-state index in [0.29, 0.717) is 5.69 Å². The third-order valence-electron chi connectivity index (χ3n) is 4.92. The van der Waals surface area contributed by atoms with Crippen molar-refractivity contribution in [2.75, 3.05) is 30.0 Å². The zero-order valence-corrected chi connectivity index (χ0v) is 19.3. The molecule has 1 N–H and O–H groups in total. The Balaban J connectivity index is 1.66. The van der Waals surface area contributed by atoms with E-state index in [1.165, 1.54) is 11.0 Å². The second-order valence-corrected chi connectivity index (χ2v) is 7.45. The number of para-hydroxylation sites is 2. The fraction of sp³-hybridized carbons (Fsp3) is 0.185. The van der Waals surface area contributed by atoms with Gasteiger partial charge in [0.2, 0.25) is 5.91 Å². The summed E-state index contributed by atoms with van der Waals surface area (Å²) in [5.74, 6) is -2.25. The molecule has 0 aliphatic rings. The lowest BCUT2D eigenvalue weighted by Crippen LogP contribution is -2.39. The van der Waals surface area contributed by atoms with E-state index in [1.807, 2.05) is 30.3 Å². The number of anilines is 2. The highest BCUT2D eigenvalue weighted by atomic mass is 16.5. The number of esters is 2. The van der Waals surface area contributed by atoms with Crippen molar-refractivity contribution >= 4 is 35.1 Å². The molecule has 0 heterocycles. The van der Waals surface area contributed by atoms with Crippen molar-refractivity contribution in [3.63, 3.8) is 0 Å². The largest absolute Gasteiger partial charge is 0.465 e. The van der Waals surface area contributed by atoms with Gasteiger partial charge in [-0.05, 0) is 36.8 Å². The number of carbonyl (C=O) groups is 4. The van der Waals surface area contributed by atoms with Crippen molar-refractivity contribution in [2.24, 2.45) is 0 Å². The van der Waals surface area contributed by atoms with Gasteiger partial charge in [0, 0.05) is 5.69 Å². The maximum atomic E-state index is 12.9. The first-order valence-corrected chi connectivity index (χ1v) is 11.1. The first-order chi connectivity index (χ1) is 17.0. The van der Waals surface area contributed by atoms with Gasteiger partial charge in [0.15, 0.2) is 6.61 Å². The van der Waals surface area contributed by atoms with Crippen molar-refractivity contribution in [1.82, 2.24) is 0 Å². The van der Waals surface area contributed by atoms with Gasteiger partial charge >= 0.3 is 11.9 Å². The SMILES string of the molecule is CCOC(=O)CN(C(=O)COC(=O)c1ccccc1NC(=O)Cc1ccccc1)c1ccccc1. The predicted octanol–water partition coefficient (Wildman–Crippen LogP) is 3.62. The molecule has 0 fully saturated rings. The first kappa shape index (κ1) is 25.2. The van der Waals surface area contributed by atoms with Crippen LogP contribution in [0.1, 0.15) is 22.8 Å². The number of nitrogens with one attached hydrogen (secondary N) is 1. The van der Waals surface area contributed by atoms with Crippen LogP contribution in [0.4, 0.5) is 11.4 Å². The van der Waals surface area contributed by atoms with Gasteiger partial charge in [0.05, 0.1) is 24.3 Å². The Morgan fingerprint density at radius 2 is 1.43 bits per heavy atom. The lowest BCUT2D eigenvalue weighted by molar-refractivity contribution is -0.142. The van der Waals surface area contributed by atoms with E-state index in [-0.39, 0.29) is 36.7 Å². The Hall–Kier alpha value is -4.46. The van der Waals surface area contributed by atoms with E-state index < -0.39 is 24.5 Å². The molecule has 3 aromatic rings. The molecule has 0 saturated heterocycles. The summed E-state index contributed by atoms with van der Waals surface area (Å²) in [7, 11) is 0. The molecule has 3 aromatic carbocycles. The molecule has 8 nitrogen and oxygen atoms in total. The van der Waals surface area contributed by atoms with Gasteiger partial charge in [-0.1, -0.05) is 60.7 Å². The quantitative estimate of drug-likeness (QED) is 0.451. The van der Waals surface area contributed by atoms with Crippen LogP contribution in [0.15, 0.2) is 84.9 Å². The lowest BCUT2D eigenvalue weighted by Gasteiger charge is -2.21. The highest BCUT2D eigenvalue weighted by Gasteiger charge is 2.22. The zero-order chi connectivity index (χ0) is 25.0. The summed E-state index contributed by atoms with van der Waals surface area (Å²) in [6, 6.07) is 24.1. The zero-order valence-electron chi connectivity index (χ0n) is 19.3. The van der Waals surface area contributed by atoms with E-state index in [9.17, 15) is 19.2 Å². The second kappa shape index (κ2) is 12.7. The fourth-order valence-electron chi connectivity index (χ4n) is 3.30. The standard InChI is InChI=1S/C27H26N2O6/c1-2-34-26(32)18-29(21-13-7-4-8-14-21)25(31)19-35-27(33)22-15-9-10-16-23(22)28-24(30)17-20-11-5-3-6-12-20/h3-16H,2,17-19H2,1H3,(H,28,30). The highest BCUT2D eigenvalue weighted by Crippen LogP contribution is 2.18. The average molecular weight is 475 g/mol. The Morgan fingerprint density at radius 1 is 0.800 bits per heavy atom. The Kier molecular flexibility index (Phi) is 9.13. The molecule has 35 heavy (non-hydrogen) atoms. The van der Waals surface area contributed by atoms with Crippen LogP contribution in [0.2, 0.25) is 0 Å². The molecular weight excluding hydrogens is 448 g/mol. The number of ether oxygens (including phenoxy) is 2. The molecule has 0 atom stereocenters. The van der Waals surface area contributed by atoms with Crippen LogP contribution in [0, 0.1) is 0 Å². The summed E-state index contributed by atoms with van der Waals surface area (Å²) in [5.41, 5.74) is 1.68. The van der Waals surface area contributed by atoms with Crippen LogP contribution in [0.3, 0.4) is 0 Å². The maximum Gasteiger partial charge on any atom is 0.340 e. The van der Waals surface area contributed by atoms with Crippen LogP contribution < -0.4 is 10.2 Å². The minimum Gasteiger partial charge on any atom is -0.465 e. The summed E-state index contributed by atoms with van der Waals surface area (Å²) >= 11 is 0. The first-order valence-electron chi connectivity index (χ1n) is 11.1. The Morgan fingerprint density at radius 3 is 2.11 bits per heavy atom. The van der Waals surface area contributed by atoms with Crippen LogP contribution in [-0.2, 0) is 30.3 Å². The molecule has 0 aliphatic carbocycles.